The normalized spacial score (nSPS) is 19.4. The average Bonchev–Trinajstić information content (AvgIpc) is 3.53. The van der Waals surface area contributed by atoms with Crippen molar-refractivity contribution in [1.82, 2.24) is 5.32 Å². The van der Waals surface area contributed by atoms with Crippen LogP contribution >= 0.6 is 0 Å². The number of alkyl halides is 3. The van der Waals surface area contributed by atoms with Crippen molar-refractivity contribution in [2.45, 2.75) is 57.3 Å². The van der Waals surface area contributed by atoms with E-state index in [0.717, 1.165) is 25.7 Å². The highest BCUT2D eigenvalue weighted by Crippen LogP contribution is 2.48. The maximum absolute atomic E-state index is 13.3. The molecule has 10 heteroatoms. The van der Waals surface area contributed by atoms with Gasteiger partial charge in [0.15, 0.2) is 0 Å². The van der Waals surface area contributed by atoms with E-state index in [1.165, 1.54) is 18.2 Å². The molecule has 3 rings (SSSR count). The van der Waals surface area contributed by atoms with Gasteiger partial charge in [-0.3, -0.25) is 9.52 Å². The molecule has 34 heavy (non-hydrogen) atoms. The van der Waals surface area contributed by atoms with Gasteiger partial charge in [0, 0.05) is 11.5 Å². The van der Waals surface area contributed by atoms with Crippen LogP contribution in [0, 0.1) is 5.92 Å². The van der Waals surface area contributed by atoms with E-state index in [2.05, 4.69) is 10.0 Å². The van der Waals surface area contributed by atoms with E-state index in [4.69, 9.17) is 0 Å². The first-order valence-corrected chi connectivity index (χ1v) is 12.7. The fourth-order valence-corrected chi connectivity index (χ4v) is 4.48. The molecule has 0 aromatic heterocycles. The Kier molecular flexibility index (Phi) is 7.06. The molecule has 1 saturated carbocycles. The number of carbonyl (C=O) groups excluding carboxylic acids is 1. The van der Waals surface area contributed by atoms with E-state index in [9.17, 15) is 31.5 Å². The zero-order valence-corrected chi connectivity index (χ0v) is 20.2. The lowest BCUT2D eigenvalue weighted by Crippen LogP contribution is -2.36. The summed E-state index contributed by atoms with van der Waals surface area (Å²) in [6.07, 6.45) is -2.73. The summed E-state index contributed by atoms with van der Waals surface area (Å²) >= 11 is 0. The van der Waals surface area contributed by atoms with Gasteiger partial charge in [0.2, 0.25) is 15.9 Å². The summed E-state index contributed by atoms with van der Waals surface area (Å²) in [6.45, 7) is 3.69. The van der Waals surface area contributed by atoms with Gasteiger partial charge in [-0.15, -0.1) is 0 Å². The zero-order valence-electron chi connectivity index (χ0n) is 19.4. The molecule has 2 aromatic rings. The van der Waals surface area contributed by atoms with E-state index in [1.807, 2.05) is 0 Å². The highest BCUT2D eigenvalue weighted by Gasteiger charge is 2.49. The van der Waals surface area contributed by atoms with Crippen LogP contribution in [0.5, 0.6) is 0 Å². The van der Waals surface area contributed by atoms with Crippen molar-refractivity contribution in [2.24, 2.45) is 5.92 Å². The third-order valence-corrected chi connectivity index (χ3v) is 6.94. The van der Waals surface area contributed by atoms with Gasteiger partial charge in [0.1, 0.15) is 0 Å². The van der Waals surface area contributed by atoms with Gasteiger partial charge in [0.05, 0.1) is 30.0 Å². The monoisotopic (exact) mass is 498 g/mol. The number of hydrogen-bond donors (Lipinski definition) is 3. The van der Waals surface area contributed by atoms with E-state index in [1.54, 1.807) is 31.2 Å². The smallest absolute Gasteiger partial charge is 0.392 e. The fourth-order valence-electron chi connectivity index (χ4n) is 3.88. The third kappa shape index (κ3) is 5.72. The Hall–Kier alpha value is -2.59. The van der Waals surface area contributed by atoms with Crippen LogP contribution in [0.1, 0.15) is 61.4 Å². The maximum Gasteiger partial charge on any atom is 0.397 e. The van der Waals surface area contributed by atoms with Crippen LogP contribution < -0.4 is 10.0 Å². The van der Waals surface area contributed by atoms with Gasteiger partial charge >= 0.3 is 6.18 Å². The van der Waals surface area contributed by atoms with Crippen LogP contribution in [0.3, 0.4) is 0 Å². The second kappa shape index (κ2) is 9.22. The van der Waals surface area contributed by atoms with Crippen LogP contribution in [0.2, 0.25) is 0 Å². The molecule has 3 N–H and O–H groups in total. The van der Waals surface area contributed by atoms with Gasteiger partial charge in [0.25, 0.3) is 0 Å². The number of aliphatic hydroxyl groups excluding tert-OH is 1. The summed E-state index contributed by atoms with van der Waals surface area (Å²) in [5.41, 5.74) is 0.399. The average molecular weight is 499 g/mol. The van der Waals surface area contributed by atoms with Crippen LogP contribution in [-0.2, 0) is 26.8 Å². The highest BCUT2D eigenvalue weighted by atomic mass is 32.2. The molecule has 186 valence electrons. The number of hydrogen-bond acceptors (Lipinski definition) is 4. The Bertz CT molecular complexity index is 1160. The van der Waals surface area contributed by atoms with E-state index < -0.39 is 21.6 Å². The zero-order chi connectivity index (χ0) is 25.5. The van der Waals surface area contributed by atoms with Crippen molar-refractivity contribution in [1.29, 1.82) is 0 Å². The molecule has 6 nitrogen and oxygen atoms in total. The number of rotatable bonds is 8. The van der Waals surface area contributed by atoms with Crippen molar-refractivity contribution < 1.29 is 31.5 Å². The Morgan fingerprint density at radius 2 is 1.76 bits per heavy atom. The molecule has 0 heterocycles. The molecule has 0 spiro atoms. The number of carbonyl (C=O) groups is 1. The van der Waals surface area contributed by atoms with Crippen LogP contribution in [-0.4, -0.2) is 31.9 Å². The number of aliphatic hydroxyl groups is 1. The summed E-state index contributed by atoms with van der Waals surface area (Å²) in [5.74, 6) is -0.488. The van der Waals surface area contributed by atoms with Gasteiger partial charge < -0.3 is 10.4 Å². The minimum Gasteiger partial charge on any atom is -0.392 e. The molecule has 2 aromatic carbocycles. The molecule has 1 fully saturated rings. The maximum atomic E-state index is 13.3. The lowest BCUT2D eigenvalue weighted by atomic mass is 9.83. The first-order valence-electron chi connectivity index (χ1n) is 10.8. The lowest BCUT2D eigenvalue weighted by Gasteiger charge is -2.28. The molecule has 2 unspecified atom stereocenters. The van der Waals surface area contributed by atoms with Crippen molar-refractivity contribution >= 4 is 21.6 Å². The SMILES string of the molecule is C[C@@H](NC(=O)C1CC1c1ccc(C(C)(C)C(F)(F)F)cc1)c1ccc(NS(C)(=O)=O)c(CO)c1. The number of benzene rings is 2. The number of anilines is 1. The summed E-state index contributed by atoms with van der Waals surface area (Å²) in [7, 11) is -3.50. The van der Waals surface area contributed by atoms with E-state index >= 15 is 0 Å². The first kappa shape index (κ1) is 26.0. The fraction of sp³-hybridized carbons (Fsp3) is 0.458. The van der Waals surface area contributed by atoms with Crippen molar-refractivity contribution in [3.63, 3.8) is 0 Å². The van der Waals surface area contributed by atoms with Crippen molar-refractivity contribution in [3.05, 3.63) is 64.7 Å². The number of nitrogens with one attached hydrogen (secondary N) is 2. The molecular formula is C24H29F3N2O4S. The number of halogens is 3. The van der Waals surface area contributed by atoms with Crippen LogP contribution in [0.15, 0.2) is 42.5 Å². The quantitative estimate of drug-likeness (QED) is 0.504. The predicted molar refractivity (Wildman–Crippen MR) is 124 cm³/mol. The predicted octanol–water partition coefficient (Wildman–Crippen LogP) is 4.37. The van der Waals surface area contributed by atoms with Gasteiger partial charge in [-0.05, 0) is 61.9 Å². The number of amides is 1. The van der Waals surface area contributed by atoms with Crippen molar-refractivity contribution in [2.75, 3.05) is 11.0 Å². The third-order valence-electron chi connectivity index (χ3n) is 6.35. The van der Waals surface area contributed by atoms with Crippen molar-refractivity contribution in [3.8, 4) is 0 Å². The molecule has 1 aliphatic rings. The molecule has 1 amide bonds. The van der Waals surface area contributed by atoms with E-state index in [-0.39, 0.29) is 41.6 Å². The largest absolute Gasteiger partial charge is 0.397 e. The molecule has 3 atom stereocenters. The molecule has 0 radical (unpaired) electrons. The van der Waals surface area contributed by atoms with E-state index in [0.29, 0.717) is 17.5 Å². The molecular weight excluding hydrogens is 469 g/mol. The topological polar surface area (TPSA) is 95.5 Å². The Balaban J connectivity index is 1.64. The number of sulfonamides is 1. The first-order chi connectivity index (χ1) is 15.6. The van der Waals surface area contributed by atoms with Crippen LogP contribution in [0.4, 0.5) is 18.9 Å². The summed E-state index contributed by atoms with van der Waals surface area (Å²) in [6, 6.07) is 10.7. The van der Waals surface area contributed by atoms with Gasteiger partial charge in [-0.1, -0.05) is 30.3 Å². The Morgan fingerprint density at radius 1 is 1.15 bits per heavy atom. The molecule has 0 saturated heterocycles. The van der Waals surface area contributed by atoms with Gasteiger partial charge in [-0.2, -0.15) is 13.2 Å². The second-order valence-corrected chi connectivity index (χ2v) is 11.1. The summed E-state index contributed by atoms with van der Waals surface area (Å²) < 4.78 is 65.1. The van der Waals surface area contributed by atoms with Gasteiger partial charge in [-0.25, -0.2) is 8.42 Å². The lowest BCUT2D eigenvalue weighted by molar-refractivity contribution is -0.180. The molecule has 0 aliphatic heterocycles. The highest BCUT2D eigenvalue weighted by molar-refractivity contribution is 7.92. The second-order valence-electron chi connectivity index (χ2n) is 9.37. The molecule has 1 aliphatic carbocycles. The van der Waals surface area contributed by atoms with Crippen LogP contribution in [0.25, 0.3) is 0 Å². The standard InChI is InChI=1S/C24H29F3N2O4S/c1-14(16-7-10-21(17(11-16)13-30)29-34(4,32)33)28-22(31)20-12-19(20)15-5-8-18(9-6-15)23(2,3)24(25,26)27/h5-11,14,19-20,29-30H,12-13H2,1-4H3,(H,28,31)/t14-,19?,20?/m1/s1. The molecule has 0 bridgehead atoms. The minimum absolute atomic E-state index is 0.0513. The summed E-state index contributed by atoms with van der Waals surface area (Å²) in [5, 5.41) is 12.5. The minimum atomic E-state index is -4.36. The Morgan fingerprint density at radius 3 is 2.29 bits per heavy atom. The summed E-state index contributed by atoms with van der Waals surface area (Å²) in [4.78, 5) is 12.7. The Labute approximate surface area is 197 Å².